The van der Waals surface area contributed by atoms with Gasteiger partial charge in [-0.25, -0.2) is 8.42 Å². The highest BCUT2D eigenvalue weighted by molar-refractivity contribution is 7.93. The van der Waals surface area contributed by atoms with Crippen molar-refractivity contribution in [1.82, 2.24) is 5.32 Å². The molecule has 0 radical (unpaired) electrons. The number of nitrogens with one attached hydrogen (secondary N) is 2. The Morgan fingerprint density at radius 2 is 1.86 bits per heavy atom. The summed E-state index contributed by atoms with van der Waals surface area (Å²) in [5, 5.41) is 2.47. The topological polar surface area (TPSA) is 58.2 Å². The third kappa shape index (κ3) is 3.88. The van der Waals surface area contributed by atoms with Gasteiger partial charge in [-0.1, -0.05) is 6.07 Å². The molecule has 1 fully saturated rings. The first-order valence-electron chi connectivity index (χ1n) is 6.60. The molecular weight excluding hydrogens is 305 g/mol. The van der Waals surface area contributed by atoms with Gasteiger partial charge in [0.15, 0.2) is 0 Å². The van der Waals surface area contributed by atoms with E-state index in [1.807, 2.05) is 0 Å². The molecule has 0 amide bonds. The summed E-state index contributed by atoms with van der Waals surface area (Å²) >= 11 is 0. The standard InChI is InChI=1S/C13H17F3N2O2S/c1-9-2-3-10(8-12(9)13(14,15)16)18-21(19,20)11-4-6-17-7-5-11/h2-3,8,11,17-18H,4-7H2,1H3. The number of piperidine rings is 1. The molecule has 2 N–H and O–H groups in total. The number of hydrogen-bond acceptors (Lipinski definition) is 3. The third-order valence-electron chi connectivity index (χ3n) is 3.53. The van der Waals surface area contributed by atoms with Crippen LogP contribution in [0, 0.1) is 6.92 Å². The predicted octanol–water partition coefficient (Wildman–Crippen LogP) is 2.51. The van der Waals surface area contributed by atoms with Crippen LogP contribution in [-0.4, -0.2) is 26.8 Å². The average Bonchev–Trinajstić information content (AvgIpc) is 2.40. The lowest BCUT2D eigenvalue weighted by Crippen LogP contribution is -2.38. The number of sulfonamides is 1. The molecule has 0 atom stereocenters. The zero-order valence-electron chi connectivity index (χ0n) is 11.5. The molecule has 1 saturated heterocycles. The monoisotopic (exact) mass is 322 g/mol. The highest BCUT2D eigenvalue weighted by Crippen LogP contribution is 2.33. The molecule has 4 nitrogen and oxygen atoms in total. The first-order chi connectivity index (χ1) is 9.70. The number of benzene rings is 1. The summed E-state index contributed by atoms with van der Waals surface area (Å²) in [5.41, 5.74) is -0.813. The normalized spacial score (nSPS) is 17.7. The smallest absolute Gasteiger partial charge is 0.317 e. The SMILES string of the molecule is Cc1ccc(NS(=O)(=O)C2CCNCC2)cc1C(F)(F)F. The lowest BCUT2D eigenvalue weighted by molar-refractivity contribution is -0.138. The minimum atomic E-state index is -4.50. The van der Waals surface area contributed by atoms with Crippen LogP contribution in [0.2, 0.25) is 0 Å². The van der Waals surface area contributed by atoms with Crippen molar-refractivity contribution < 1.29 is 21.6 Å². The van der Waals surface area contributed by atoms with Crippen molar-refractivity contribution in [2.24, 2.45) is 0 Å². The van der Waals surface area contributed by atoms with Crippen LogP contribution in [0.1, 0.15) is 24.0 Å². The minimum absolute atomic E-state index is 0.0496. The Morgan fingerprint density at radius 3 is 2.43 bits per heavy atom. The van der Waals surface area contributed by atoms with Gasteiger partial charge in [-0.2, -0.15) is 13.2 Å². The first kappa shape index (κ1) is 16.1. The Hall–Kier alpha value is -1.28. The van der Waals surface area contributed by atoms with Crippen LogP contribution >= 0.6 is 0 Å². The highest BCUT2D eigenvalue weighted by Gasteiger charge is 2.33. The van der Waals surface area contributed by atoms with E-state index in [9.17, 15) is 21.6 Å². The maximum Gasteiger partial charge on any atom is 0.416 e. The van der Waals surface area contributed by atoms with Crippen LogP contribution in [-0.2, 0) is 16.2 Å². The van der Waals surface area contributed by atoms with Crippen molar-refractivity contribution in [2.75, 3.05) is 17.8 Å². The number of alkyl halides is 3. The molecule has 1 aromatic rings. The Morgan fingerprint density at radius 1 is 1.24 bits per heavy atom. The molecule has 8 heteroatoms. The number of aryl methyl sites for hydroxylation is 1. The summed E-state index contributed by atoms with van der Waals surface area (Å²) in [6, 6.07) is 3.46. The summed E-state index contributed by atoms with van der Waals surface area (Å²) in [4.78, 5) is 0. The van der Waals surface area contributed by atoms with Crippen molar-refractivity contribution in [3.05, 3.63) is 29.3 Å². The fourth-order valence-electron chi connectivity index (χ4n) is 2.34. The van der Waals surface area contributed by atoms with E-state index in [0.29, 0.717) is 25.9 Å². The molecule has 0 aliphatic carbocycles. The molecule has 0 unspecified atom stereocenters. The predicted molar refractivity (Wildman–Crippen MR) is 74.6 cm³/mol. The van der Waals surface area contributed by atoms with Gasteiger partial charge in [-0.3, -0.25) is 4.72 Å². The Kier molecular flexibility index (Phi) is 4.48. The minimum Gasteiger partial charge on any atom is -0.317 e. The molecule has 0 spiro atoms. The van der Waals surface area contributed by atoms with Crippen molar-refractivity contribution >= 4 is 15.7 Å². The highest BCUT2D eigenvalue weighted by atomic mass is 32.2. The van der Waals surface area contributed by atoms with Gasteiger partial charge in [-0.05, 0) is 50.6 Å². The average molecular weight is 322 g/mol. The number of halogens is 3. The van der Waals surface area contributed by atoms with Crippen molar-refractivity contribution in [3.8, 4) is 0 Å². The quantitative estimate of drug-likeness (QED) is 0.899. The lowest BCUT2D eigenvalue weighted by Gasteiger charge is -2.23. The van der Waals surface area contributed by atoms with Gasteiger partial charge in [0.2, 0.25) is 10.0 Å². The number of rotatable bonds is 3. The summed E-state index contributed by atoms with van der Waals surface area (Å²) in [7, 11) is -3.67. The van der Waals surface area contributed by atoms with E-state index in [1.54, 1.807) is 0 Å². The van der Waals surface area contributed by atoms with Gasteiger partial charge in [0.25, 0.3) is 0 Å². The Bertz CT molecular complexity index is 608. The van der Waals surface area contributed by atoms with Crippen molar-refractivity contribution in [1.29, 1.82) is 0 Å². The Labute approximate surface area is 121 Å². The maximum absolute atomic E-state index is 12.8. The second kappa shape index (κ2) is 5.84. The fraction of sp³-hybridized carbons (Fsp3) is 0.538. The van der Waals surface area contributed by atoms with Gasteiger partial charge < -0.3 is 5.32 Å². The van der Waals surface area contributed by atoms with E-state index in [2.05, 4.69) is 10.0 Å². The molecule has 0 bridgehead atoms. The van der Waals surface area contributed by atoms with E-state index in [-0.39, 0.29) is 11.3 Å². The van der Waals surface area contributed by atoms with Gasteiger partial charge in [-0.15, -0.1) is 0 Å². The summed E-state index contributed by atoms with van der Waals surface area (Å²) in [6.07, 6.45) is -3.60. The zero-order chi connectivity index (χ0) is 15.7. The fourth-order valence-corrected chi connectivity index (χ4v) is 3.82. The maximum atomic E-state index is 12.8. The molecule has 0 aromatic heterocycles. The number of hydrogen-bond donors (Lipinski definition) is 2. The van der Waals surface area contributed by atoms with Crippen LogP contribution in [0.15, 0.2) is 18.2 Å². The molecule has 118 valence electrons. The second-order valence-electron chi connectivity index (χ2n) is 5.12. The van der Waals surface area contributed by atoms with Crippen LogP contribution in [0.5, 0.6) is 0 Å². The lowest BCUT2D eigenvalue weighted by atomic mass is 10.1. The third-order valence-corrected chi connectivity index (χ3v) is 5.40. The van der Waals surface area contributed by atoms with Crippen molar-refractivity contribution in [3.63, 3.8) is 0 Å². The number of anilines is 1. The van der Waals surface area contributed by atoms with Crippen LogP contribution in [0.25, 0.3) is 0 Å². The Balaban J connectivity index is 2.23. The van der Waals surface area contributed by atoms with Crippen LogP contribution < -0.4 is 10.0 Å². The van der Waals surface area contributed by atoms with E-state index in [0.717, 1.165) is 6.07 Å². The molecule has 1 aromatic carbocycles. The van der Waals surface area contributed by atoms with Gasteiger partial charge >= 0.3 is 6.18 Å². The second-order valence-corrected chi connectivity index (χ2v) is 7.08. The molecule has 1 aliphatic heterocycles. The van der Waals surface area contributed by atoms with E-state index < -0.39 is 27.0 Å². The van der Waals surface area contributed by atoms with Gasteiger partial charge in [0.05, 0.1) is 10.8 Å². The summed E-state index contributed by atoms with van der Waals surface area (Å²) < 4.78 is 65.1. The molecule has 21 heavy (non-hydrogen) atoms. The van der Waals surface area contributed by atoms with E-state index >= 15 is 0 Å². The molecule has 1 aliphatic rings. The molecule has 1 heterocycles. The van der Waals surface area contributed by atoms with Gasteiger partial charge in [0.1, 0.15) is 0 Å². The van der Waals surface area contributed by atoms with Crippen LogP contribution in [0.4, 0.5) is 18.9 Å². The molecule has 0 saturated carbocycles. The summed E-state index contributed by atoms with van der Waals surface area (Å²) in [6.45, 7) is 2.52. The zero-order valence-corrected chi connectivity index (χ0v) is 12.3. The van der Waals surface area contributed by atoms with Crippen LogP contribution in [0.3, 0.4) is 0 Å². The van der Waals surface area contributed by atoms with E-state index in [4.69, 9.17) is 0 Å². The molecular formula is C13H17F3N2O2S. The van der Waals surface area contributed by atoms with Gasteiger partial charge in [0, 0.05) is 5.69 Å². The molecule has 2 rings (SSSR count). The first-order valence-corrected chi connectivity index (χ1v) is 8.15. The summed E-state index contributed by atoms with van der Waals surface area (Å²) in [5.74, 6) is 0. The van der Waals surface area contributed by atoms with E-state index in [1.165, 1.54) is 19.1 Å². The largest absolute Gasteiger partial charge is 0.416 e. The van der Waals surface area contributed by atoms with Crippen molar-refractivity contribution in [2.45, 2.75) is 31.2 Å².